The Morgan fingerprint density at radius 1 is 1.23 bits per heavy atom. The van der Waals surface area contributed by atoms with E-state index >= 15 is 0 Å². The lowest BCUT2D eigenvalue weighted by atomic mass is 10.0. The molecule has 0 bridgehead atoms. The summed E-state index contributed by atoms with van der Waals surface area (Å²) in [6, 6.07) is 4.53. The second kappa shape index (κ2) is 9.22. The molecule has 1 unspecified atom stereocenters. The third-order valence-corrected chi connectivity index (χ3v) is 5.10. The topological polar surface area (TPSA) is 35.9 Å². The van der Waals surface area contributed by atoms with Crippen molar-refractivity contribution in [2.24, 2.45) is 0 Å². The highest BCUT2D eigenvalue weighted by Crippen LogP contribution is 2.22. The number of hydrogen-bond acceptors (Lipinski definition) is 4. The molecule has 1 aromatic rings. The largest absolute Gasteiger partial charge is 0.375 e. The Hall–Kier alpha value is -1.08. The van der Waals surface area contributed by atoms with Crippen LogP contribution < -0.4 is 0 Å². The van der Waals surface area contributed by atoms with Crippen LogP contribution in [0.2, 0.25) is 0 Å². The van der Waals surface area contributed by atoms with E-state index in [9.17, 15) is 13.9 Å². The molecule has 0 spiro atoms. The molecule has 0 aliphatic carbocycles. The van der Waals surface area contributed by atoms with Crippen molar-refractivity contribution in [3.8, 4) is 0 Å². The summed E-state index contributed by atoms with van der Waals surface area (Å²) in [5.41, 5.74) is -0.260. The quantitative estimate of drug-likeness (QED) is 0.884. The molecule has 0 radical (unpaired) electrons. The smallest absolute Gasteiger partial charge is 0.162 e. The monoisotopic (exact) mass is 370 g/mol. The van der Waals surface area contributed by atoms with Crippen molar-refractivity contribution in [3.63, 3.8) is 0 Å². The van der Waals surface area contributed by atoms with Crippen molar-refractivity contribution >= 4 is 0 Å². The molecule has 6 heteroatoms. The maximum absolute atomic E-state index is 13.9. The van der Waals surface area contributed by atoms with Crippen molar-refractivity contribution in [2.45, 2.75) is 58.4 Å². The van der Waals surface area contributed by atoms with E-state index in [1.807, 2.05) is 13.8 Å². The van der Waals surface area contributed by atoms with E-state index in [0.29, 0.717) is 31.7 Å². The van der Waals surface area contributed by atoms with E-state index in [4.69, 9.17) is 4.74 Å². The zero-order valence-corrected chi connectivity index (χ0v) is 16.3. The van der Waals surface area contributed by atoms with Gasteiger partial charge in [0.15, 0.2) is 11.6 Å². The second-order valence-electron chi connectivity index (χ2n) is 7.82. The fourth-order valence-corrected chi connectivity index (χ4v) is 3.41. The summed E-state index contributed by atoms with van der Waals surface area (Å²) in [5.74, 6) is -1.55. The Labute approximate surface area is 155 Å². The Kier molecular flexibility index (Phi) is 7.52. The molecule has 1 heterocycles. The average molecular weight is 370 g/mol. The first-order valence-corrected chi connectivity index (χ1v) is 9.45. The minimum atomic E-state index is -0.796. The van der Waals surface area contributed by atoms with Crippen LogP contribution in [-0.4, -0.2) is 65.6 Å². The maximum atomic E-state index is 13.9. The van der Waals surface area contributed by atoms with Crippen molar-refractivity contribution in [1.82, 2.24) is 9.80 Å². The highest BCUT2D eigenvalue weighted by molar-refractivity contribution is 5.19. The molecule has 1 aliphatic rings. The van der Waals surface area contributed by atoms with Crippen molar-refractivity contribution < 1.29 is 18.6 Å². The third-order valence-electron chi connectivity index (χ3n) is 5.10. The Morgan fingerprint density at radius 3 is 2.65 bits per heavy atom. The zero-order chi connectivity index (χ0) is 19.3. The van der Waals surface area contributed by atoms with E-state index in [0.717, 1.165) is 25.6 Å². The number of benzene rings is 1. The fraction of sp³-hybridized carbons (Fsp3) is 0.700. The predicted molar refractivity (Wildman–Crippen MR) is 99.0 cm³/mol. The number of aliphatic hydroxyl groups excluding tert-OH is 1. The van der Waals surface area contributed by atoms with Gasteiger partial charge in [-0.2, -0.15) is 0 Å². The maximum Gasteiger partial charge on any atom is 0.162 e. The lowest BCUT2D eigenvalue weighted by Crippen LogP contribution is -2.55. The van der Waals surface area contributed by atoms with Crippen molar-refractivity contribution in [3.05, 3.63) is 35.4 Å². The average Bonchev–Trinajstić information content (AvgIpc) is 2.57. The SMILES string of the molecule is CC(C)N1CCCN(CCc2cccc(F)c2F)CCOC(C)(C)C1O. The van der Waals surface area contributed by atoms with Gasteiger partial charge in [0.05, 0.1) is 6.61 Å². The standard InChI is InChI=1S/C20H32F2N2O2/c1-15(2)24-11-6-10-23(13-14-26-20(3,4)19(24)25)12-9-16-7-5-8-17(21)18(16)22/h5,7-8,15,19,25H,6,9-14H2,1-4H3. The summed E-state index contributed by atoms with van der Waals surface area (Å²) >= 11 is 0. The van der Waals surface area contributed by atoms with Crippen LogP contribution in [0.4, 0.5) is 8.78 Å². The first-order valence-electron chi connectivity index (χ1n) is 9.45. The molecule has 1 atom stereocenters. The summed E-state index contributed by atoms with van der Waals surface area (Å²) in [5, 5.41) is 10.7. The van der Waals surface area contributed by atoms with Gasteiger partial charge in [0, 0.05) is 25.7 Å². The van der Waals surface area contributed by atoms with Crippen LogP contribution in [0, 0.1) is 11.6 Å². The normalized spacial score (nSPS) is 23.3. The van der Waals surface area contributed by atoms with Gasteiger partial charge in [-0.1, -0.05) is 12.1 Å². The summed E-state index contributed by atoms with van der Waals surface area (Å²) < 4.78 is 33.2. The van der Waals surface area contributed by atoms with Gasteiger partial charge in [0.1, 0.15) is 11.8 Å². The number of rotatable bonds is 4. The Morgan fingerprint density at radius 2 is 1.96 bits per heavy atom. The lowest BCUT2D eigenvalue weighted by Gasteiger charge is -2.42. The summed E-state index contributed by atoms with van der Waals surface area (Å²) in [7, 11) is 0. The number of ether oxygens (including phenoxy) is 1. The number of hydrogen-bond donors (Lipinski definition) is 1. The molecule has 1 aliphatic heterocycles. The van der Waals surface area contributed by atoms with Gasteiger partial charge in [-0.25, -0.2) is 8.78 Å². The van der Waals surface area contributed by atoms with Crippen molar-refractivity contribution in [2.75, 3.05) is 32.8 Å². The molecule has 1 aromatic carbocycles. The Bertz CT molecular complexity index is 581. The van der Waals surface area contributed by atoms with Gasteiger partial charge in [0.25, 0.3) is 0 Å². The van der Waals surface area contributed by atoms with E-state index < -0.39 is 23.5 Å². The van der Waals surface area contributed by atoms with Gasteiger partial charge in [0.2, 0.25) is 0 Å². The van der Waals surface area contributed by atoms with E-state index in [1.165, 1.54) is 0 Å². The number of aliphatic hydroxyl groups is 1. The zero-order valence-electron chi connectivity index (χ0n) is 16.3. The van der Waals surface area contributed by atoms with Gasteiger partial charge in [-0.05, 0) is 58.7 Å². The van der Waals surface area contributed by atoms with Crippen LogP contribution >= 0.6 is 0 Å². The molecule has 2 rings (SSSR count). The van der Waals surface area contributed by atoms with E-state index in [2.05, 4.69) is 23.6 Å². The van der Waals surface area contributed by atoms with Gasteiger partial charge in [-0.3, -0.25) is 4.90 Å². The number of halogens is 2. The molecule has 0 amide bonds. The molecule has 26 heavy (non-hydrogen) atoms. The molecule has 148 valence electrons. The minimum absolute atomic E-state index is 0.210. The number of nitrogens with zero attached hydrogens (tertiary/aromatic N) is 2. The molecular formula is C20H32F2N2O2. The molecule has 4 nitrogen and oxygen atoms in total. The van der Waals surface area contributed by atoms with E-state index in [-0.39, 0.29) is 6.04 Å². The third kappa shape index (κ3) is 5.46. The highest BCUT2D eigenvalue weighted by Gasteiger charge is 2.35. The molecule has 1 fully saturated rings. The summed E-state index contributed by atoms with van der Waals surface area (Å²) in [6.45, 7) is 11.4. The fourth-order valence-electron chi connectivity index (χ4n) is 3.41. The molecule has 0 aromatic heterocycles. The van der Waals surface area contributed by atoms with Crippen LogP contribution in [0.5, 0.6) is 0 Å². The van der Waals surface area contributed by atoms with Gasteiger partial charge >= 0.3 is 0 Å². The lowest BCUT2D eigenvalue weighted by molar-refractivity contribution is -0.174. The van der Waals surface area contributed by atoms with Crippen LogP contribution in [0.25, 0.3) is 0 Å². The van der Waals surface area contributed by atoms with Crippen LogP contribution in [-0.2, 0) is 11.2 Å². The first-order chi connectivity index (χ1) is 12.2. The van der Waals surface area contributed by atoms with Crippen LogP contribution in [0.15, 0.2) is 18.2 Å². The van der Waals surface area contributed by atoms with Crippen LogP contribution in [0.3, 0.4) is 0 Å². The summed E-state index contributed by atoms with van der Waals surface area (Å²) in [4.78, 5) is 4.27. The summed E-state index contributed by atoms with van der Waals surface area (Å²) in [6.07, 6.45) is 0.705. The van der Waals surface area contributed by atoms with Gasteiger partial charge < -0.3 is 14.7 Å². The Balaban J connectivity index is 2.00. The second-order valence-corrected chi connectivity index (χ2v) is 7.82. The van der Waals surface area contributed by atoms with Crippen LogP contribution in [0.1, 0.15) is 39.7 Å². The minimum Gasteiger partial charge on any atom is -0.375 e. The van der Waals surface area contributed by atoms with Crippen molar-refractivity contribution in [1.29, 1.82) is 0 Å². The molecule has 0 saturated carbocycles. The molecule has 1 N–H and O–H groups in total. The highest BCUT2D eigenvalue weighted by atomic mass is 19.2. The van der Waals surface area contributed by atoms with Gasteiger partial charge in [-0.15, -0.1) is 0 Å². The molecular weight excluding hydrogens is 338 g/mol. The van der Waals surface area contributed by atoms with E-state index in [1.54, 1.807) is 12.1 Å². The first kappa shape index (κ1) is 21.2. The predicted octanol–water partition coefficient (Wildman–Crippen LogP) is 3.04. The molecule has 1 saturated heterocycles.